The van der Waals surface area contributed by atoms with Gasteiger partial charge in [0.2, 0.25) is 0 Å². The zero-order valence-electron chi connectivity index (χ0n) is 11.5. The van der Waals surface area contributed by atoms with Gasteiger partial charge in [-0.2, -0.15) is 0 Å². The van der Waals surface area contributed by atoms with Crippen molar-refractivity contribution in [3.05, 3.63) is 17.8 Å². The van der Waals surface area contributed by atoms with Crippen molar-refractivity contribution in [3.8, 4) is 0 Å². The van der Waals surface area contributed by atoms with Crippen LogP contribution in [0.5, 0.6) is 0 Å². The second kappa shape index (κ2) is 6.93. The first-order valence-electron chi connectivity index (χ1n) is 6.46. The van der Waals surface area contributed by atoms with Crippen molar-refractivity contribution in [3.63, 3.8) is 0 Å². The number of rotatable bonds is 6. The van der Waals surface area contributed by atoms with Gasteiger partial charge in [0, 0.05) is 12.6 Å². The van der Waals surface area contributed by atoms with Gasteiger partial charge in [0.25, 0.3) is 5.91 Å². The van der Waals surface area contributed by atoms with Gasteiger partial charge in [-0.05, 0) is 31.9 Å². The molecule has 0 aliphatic rings. The third-order valence-corrected chi connectivity index (χ3v) is 3.11. The first kappa shape index (κ1) is 14.4. The molecule has 18 heavy (non-hydrogen) atoms. The van der Waals surface area contributed by atoms with Crippen LogP contribution in [0.15, 0.2) is 12.1 Å². The number of hydrogen-bond acceptors (Lipinski definition) is 4. The molecule has 1 amide bonds. The third kappa shape index (κ3) is 3.98. The van der Waals surface area contributed by atoms with Gasteiger partial charge in [0.05, 0.1) is 0 Å². The lowest BCUT2D eigenvalue weighted by Gasteiger charge is -2.19. The van der Waals surface area contributed by atoms with E-state index in [1.165, 1.54) is 0 Å². The number of anilines is 1. The highest BCUT2D eigenvalue weighted by molar-refractivity contribution is 5.92. The molecule has 0 saturated carbocycles. The molecule has 0 radical (unpaired) electrons. The Hall–Kier alpha value is -1.65. The molecule has 5 heteroatoms. The molecular weight excluding hydrogens is 228 g/mol. The van der Waals surface area contributed by atoms with Gasteiger partial charge in [0.15, 0.2) is 5.69 Å². The van der Waals surface area contributed by atoms with Crippen molar-refractivity contribution in [2.45, 2.75) is 40.2 Å². The molecule has 1 rings (SSSR count). The predicted octanol–water partition coefficient (Wildman–Crippen LogP) is 2.07. The van der Waals surface area contributed by atoms with Crippen LogP contribution >= 0.6 is 0 Å². The van der Waals surface area contributed by atoms with Gasteiger partial charge >= 0.3 is 0 Å². The number of carbonyl (C=O) groups is 1. The Morgan fingerprint density at radius 1 is 1.28 bits per heavy atom. The van der Waals surface area contributed by atoms with Crippen molar-refractivity contribution in [1.29, 1.82) is 0 Å². The van der Waals surface area contributed by atoms with Crippen LogP contribution in [0.1, 0.15) is 44.6 Å². The van der Waals surface area contributed by atoms with E-state index in [4.69, 9.17) is 0 Å². The average molecular weight is 250 g/mol. The lowest BCUT2D eigenvalue weighted by molar-refractivity contribution is 0.0950. The Kier molecular flexibility index (Phi) is 5.55. The molecule has 0 fully saturated rings. The normalized spacial score (nSPS) is 13.8. The Morgan fingerprint density at radius 3 is 2.50 bits per heavy atom. The highest BCUT2D eigenvalue weighted by atomic mass is 16.1. The Bertz CT molecular complexity index is 377. The number of nitrogens with one attached hydrogen (secondary N) is 2. The summed E-state index contributed by atoms with van der Waals surface area (Å²) in [4.78, 5) is 11.5. The SMILES string of the molecule is CCNC(=O)c1ccc(NC(C)C(C)CC)nn1. The summed E-state index contributed by atoms with van der Waals surface area (Å²) in [6, 6.07) is 3.81. The quantitative estimate of drug-likeness (QED) is 0.811. The van der Waals surface area contributed by atoms with E-state index in [0.717, 1.165) is 6.42 Å². The smallest absolute Gasteiger partial charge is 0.271 e. The monoisotopic (exact) mass is 250 g/mol. The fourth-order valence-electron chi connectivity index (χ4n) is 1.51. The number of amides is 1. The van der Waals surface area contributed by atoms with Gasteiger partial charge < -0.3 is 10.6 Å². The van der Waals surface area contributed by atoms with Crippen molar-refractivity contribution >= 4 is 11.7 Å². The zero-order valence-corrected chi connectivity index (χ0v) is 11.5. The fourth-order valence-corrected chi connectivity index (χ4v) is 1.51. The summed E-state index contributed by atoms with van der Waals surface area (Å²) in [5.41, 5.74) is 0.346. The predicted molar refractivity (Wildman–Crippen MR) is 72.6 cm³/mol. The molecule has 1 heterocycles. The summed E-state index contributed by atoms with van der Waals surface area (Å²) < 4.78 is 0. The molecule has 1 aromatic heterocycles. The molecule has 2 N–H and O–H groups in total. The largest absolute Gasteiger partial charge is 0.366 e. The summed E-state index contributed by atoms with van der Waals surface area (Å²) in [7, 11) is 0. The van der Waals surface area contributed by atoms with Gasteiger partial charge in [-0.25, -0.2) is 0 Å². The van der Waals surface area contributed by atoms with Crippen LogP contribution < -0.4 is 10.6 Å². The standard InChI is InChI=1S/C13H22N4O/c1-5-9(3)10(4)15-12-8-7-11(16-17-12)13(18)14-6-2/h7-10H,5-6H2,1-4H3,(H,14,18)(H,15,17). The molecule has 0 spiro atoms. The van der Waals surface area contributed by atoms with Crippen LogP contribution in [-0.4, -0.2) is 28.7 Å². The summed E-state index contributed by atoms with van der Waals surface area (Å²) in [6.07, 6.45) is 1.11. The minimum Gasteiger partial charge on any atom is -0.366 e. The lowest BCUT2D eigenvalue weighted by Crippen LogP contribution is -2.26. The molecule has 1 aromatic rings. The molecule has 5 nitrogen and oxygen atoms in total. The molecule has 0 aliphatic carbocycles. The van der Waals surface area contributed by atoms with Crippen LogP contribution in [0, 0.1) is 5.92 Å². The third-order valence-electron chi connectivity index (χ3n) is 3.11. The van der Waals surface area contributed by atoms with E-state index >= 15 is 0 Å². The number of hydrogen-bond donors (Lipinski definition) is 2. The zero-order chi connectivity index (χ0) is 13.5. The highest BCUT2D eigenvalue weighted by Crippen LogP contribution is 2.12. The number of nitrogens with zero attached hydrogens (tertiary/aromatic N) is 2. The van der Waals surface area contributed by atoms with E-state index in [0.29, 0.717) is 30.0 Å². The number of carbonyl (C=O) groups excluding carboxylic acids is 1. The van der Waals surface area contributed by atoms with Crippen LogP contribution in [0.25, 0.3) is 0 Å². The highest BCUT2D eigenvalue weighted by Gasteiger charge is 2.11. The Morgan fingerprint density at radius 2 is 2.00 bits per heavy atom. The van der Waals surface area contributed by atoms with Crippen molar-refractivity contribution < 1.29 is 4.79 Å². The van der Waals surface area contributed by atoms with Crippen molar-refractivity contribution in [2.75, 3.05) is 11.9 Å². The molecule has 0 saturated heterocycles. The molecular formula is C13H22N4O. The lowest BCUT2D eigenvalue weighted by atomic mass is 10.0. The van der Waals surface area contributed by atoms with Gasteiger partial charge in [0.1, 0.15) is 5.82 Å². The summed E-state index contributed by atoms with van der Waals surface area (Å²) in [5.74, 6) is 1.08. The van der Waals surface area contributed by atoms with E-state index in [2.05, 4.69) is 41.6 Å². The Balaban J connectivity index is 2.63. The maximum Gasteiger partial charge on any atom is 0.271 e. The Labute approximate surface area is 108 Å². The van der Waals surface area contributed by atoms with Crippen LogP contribution in [0.2, 0.25) is 0 Å². The summed E-state index contributed by atoms with van der Waals surface area (Å²) in [5, 5.41) is 13.9. The summed E-state index contributed by atoms with van der Waals surface area (Å²) >= 11 is 0. The fraction of sp³-hybridized carbons (Fsp3) is 0.615. The first-order valence-corrected chi connectivity index (χ1v) is 6.46. The van der Waals surface area contributed by atoms with Gasteiger partial charge in [-0.1, -0.05) is 20.3 Å². The topological polar surface area (TPSA) is 66.9 Å². The molecule has 2 atom stereocenters. The summed E-state index contributed by atoms with van der Waals surface area (Å²) in [6.45, 7) is 8.93. The molecule has 0 aliphatic heterocycles. The maximum atomic E-state index is 11.5. The molecule has 100 valence electrons. The van der Waals surface area contributed by atoms with Gasteiger partial charge in [-0.15, -0.1) is 10.2 Å². The van der Waals surface area contributed by atoms with Crippen molar-refractivity contribution in [2.24, 2.45) is 5.92 Å². The van der Waals surface area contributed by atoms with E-state index in [1.807, 2.05) is 6.92 Å². The van der Waals surface area contributed by atoms with E-state index < -0.39 is 0 Å². The van der Waals surface area contributed by atoms with Crippen molar-refractivity contribution in [1.82, 2.24) is 15.5 Å². The van der Waals surface area contributed by atoms with Crippen LogP contribution in [-0.2, 0) is 0 Å². The maximum absolute atomic E-state index is 11.5. The van der Waals surface area contributed by atoms with Gasteiger partial charge in [-0.3, -0.25) is 4.79 Å². The number of aromatic nitrogens is 2. The second-order valence-electron chi connectivity index (χ2n) is 4.48. The molecule has 2 unspecified atom stereocenters. The average Bonchev–Trinajstić information content (AvgIpc) is 2.38. The van der Waals surface area contributed by atoms with E-state index in [-0.39, 0.29) is 5.91 Å². The van der Waals surface area contributed by atoms with E-state index in [1.54, 1.807) is 12.1 Å². The first-order chi connectivity index (χ1) is 8.58. The minimum atomic E-state index is -0.188. The minimum absolute atomic E-state index is 0.188. The molecule has 0 bridgehead atoms. The molecule has 0 aromatic carbocycles. The van der Waals surface area contributed by atoms with E-state index in [9.17, 15) is 4.79 Å². The van der Waals surface area contributed by atoms with Crippen LogP contribution in [0.3, 0.4) is 0 Å². The second-order valence-corrected chi connectivity index (χ2v) is 4.48. The van der Waals surface area contributed by atoms with Crippen LogP contribution in [0.4, 0.5) is 5.82 Å².